The predicted molar refractivity (Wildman–Crippen MR) is 132 cm³/mol. The number of rotatable bonds is 11. The van der Waals surface area contributed by atoms with Crippen molar-refractivity contribution in [3.8, 4) is 17.2 Å². The Morgan fingerprint density at radius 1 is 0.882 bits per heavy atom. The van der Waals surface area contributed by atoms with E-state index in [4.69, 9.17) is 14.2 Å². The lowest BCUT2D eigenvalue weighted by Crippen LogP contribution is -2.30. The zero-order valence-corrected chi connectivity index (χ0v) is 19.7. The first-order chi connectivity index (χ1) is 16.5. The van der Waals surface area contributed by atoms with Crippen LogP contribution in [0.25, 0.3) is 0 Å². The fourth-order valence-corrected chi connectivity index (χ4v) is 3.43. The van der Waals surface area contributed by atoms with Crippen molar-refractivity contribution in [3.63, 3.8) is 0 Å². The van der Waals surface area contributed by atoms with Gasteiger partial charge in [-0.25, -0.2) is 0 Å². The summed E-state index contributed by atoms with van der Waals surface area (Å²) in [7, 11) is 3.18. The van der Waals surface area contributed by atoms with Gasteiger partial charge >= 0.3 is 0 Å². The van der Waals surface area contributed by atoms with Crippen LogP contribution in [0.2, 0.25) is 0 Å². The maximum Gasteiger partial charge on any atom is 0.257 e. The smallest absolute Gasteiger partial charge is 0.257 e. The molecule has 0 unspecified atom stereocenters. The fourth-order valence-electron chi connectivity index (χ4n) is 3.43. The Kier molecular flexibility index (Phi) is 8.91. The Morgan fingerprint density at radius 3 is 2.32 bits per heavy atom. The minimum atomic E-state index is -0.224. The zero-order chi connectivity index (χ0) is 24.3. The van der Waals surface area contributed by atoms with Crippen LogP contribution in [-0.2, 0) is 17.6 Å². The molecule has 178 valence electrons. The van der Waals surface area contributed by atoms with Crippen molar-refractivity contribution < 1.29 is 23.8 Å². The molecule has 2 amide bonds. The average Bonchev–Trinajstić information content (AvgIpc) is 2.88. The molecule has 0 aliphatic carbocycles. The molecular formula is C27H30N2O5. The number of anilines is 1. The topological polar surface area (TPSA) is 85.9 Å². The van der Waals surface area contributed by atoms with Crippen molar-refractivity contribution in [3.05, 3.63) is 83.4 Å². The summed E-state index contributed by atoms with van der Waals surface area (Å²) in [4.78, 5) is 24.7. The summed E-state index contributed by atoms with van der Waals surface area (Å²) in [6, 6.07) is 20.1. The van der Waals surface area contributed by atoms with Gasteiger partial charge in [0, 0.05) is 17.8 Å². The number of hydrogen-bond donors (Lipinski definition) is 2. The molecule has 0 spiro atoms. The normalized spacial score (nSPS) is 10.3. The van der Waals surface area contributed by atoms with Gasteiger partial charge in [0.1, 0.15) is 5.75 Å². The second-order valence-corrected chi connectivity index (χ2v) is 7.57. The van der Waals surface area contributed by atoms with Crippen molar-refractivity contribution in [2.45, 2.75) is 19.8 Å². The van der Waals surface area contributed by atoms with Crippen molar-refractivity contribution in [1.29, 1.82) is 0 Å². The van der Waals surface area contributed by atoms with Gasteiger partial charge < -0.3 is 24.8 Å². The zero-order valence-electron chi connectivity index (χ0n) is 19.7. The van der Waals surface area contributed by atoms with E-state index in [1.807, 2.05) is 49.4 Å². The SMILES string of the molecule is CCc1ccccc1NC(=O)c1ccc(OCC(=O)NCCc2ccc(OC)c(OC)c2)cc1. The quantitative estimate of drug-likeness (QED) is 0.445. The molecule has 0 aliphatic rings. The van der Waals surface area contributed by atoms with E-state index in [1.165, 1.54) is 0 Å². The van der Waals surface area contributed by atoms with E-state index in [0.29, 0.717) is 35.8 Å². The molecule has 3 rings (SSSR count). The minimum Gasteiger partial charge on any atom is -0.493 e. The molecule has 0 fully saturated rings. The predicted octanol–water partition coefficient (Wildman–Crippen LogP) is 4.26. The average molecular weight is 463 g/mol. The van der Waals surface area contributed by atoms with Gasteiger partial charge in [0.2, 0.25) is 0 Å². The van der Waals surface area contributed by atoms with Crippen LogP contribution >= 0.6 is 0 Å². The molecule has 0 aromatic heterocycles. The van der Waals surface area contributed by atoms with Gasteiger partial charge in [0.25, 0.3) is 11.8 Å². The molecular weight excluding hydrogens is 432 g/mol. The number of carbonyl (C=O) groups is 2. The van der Waals surface area contributed by atoms with Crippen LogP contribution < -0.4 is 24.8 Å². The van der Waals surface area contributed by atoms with Gasteiger partial charge in [-0.15, -0.1) is 0 Å². The van der Waals surface area contributed by atoms with E-state index >= 15 is 0 Å². The second kappa shape index (κ2) is 12.3. The number of para-hydroxylation sites is 1. The number of carbonyl (C=O) groups excluding carboxylic acids is 2. The lowest BCUT2D eigenvalue weighted by atomic mass is 10.1. The minimum absolute atomic E-state index is 0.110. The third-order valence-electron chi connectivity index (χ3n) is 5.32. The molecule has 0 radical (unpaired) electrons. The molecule has 0 aliphatic heterocycles. The molecule has 7 heteroatoms. The van der Waals surface area contributed by atoms with Crippen LogP contribution in [0, 0.1) is 0 Å². The maximum atomic E-state index is 12.5. The van der Waals surface area contributed by atoms with Gasteiger partial charge in [0.05, 0.1) is 14.2 Å². The highest BCUT2D eigenvalue weighted by molar-refractivity contribution is 6.04. The van der Waals surface area contributed by atoms with E-state index in [-0.39, 0.29) is 18.4 Å². The summed E-state index contributed by atoms with van der Waals surface area (Å²) < 4.78 is 16.1. The van der Waals surface area contributed by atoms with Crippen LogP contribution in [0.3, 0.4) is 0 Å². The number of aryl methyl sites for hydroxylation is 1. The Bertz CT molecular complexity index is 1110. The van der Waals surface area contributed by atoms with Crippen LogP contribution in [0.5, 0.6) is 17.2 Å². The van der Waals surface area contributed by atoms with E-state index in [1.54, 1.807) is 38.5 Å². The van der Waals surface area contributed by atoms with Crippen LogP contribution in [-0.4, -0.2) is 39.2 Å². The summed E-state index contributed by atoms with van der Waals surface area (Å²) >= 11 is 0. The van der Waals surface area contributed by atoms with Gasteiger partial charge in [-0.2, -0.15) is 0 Å². The van der Waals surface area contributed by atoms with Gasteiger partial charge in [-0.05, 0) is 66.4 Å². The second-order valence-electron chi connectivity index (χ2n) is 7.57. The molecule has 0 atom stereocenters. The van der Waals surface area contributed by atoms with E-state index in [2.05, 4.69) is 10.6 Å². The summed E-state index contributed by atoms with van der Waals surface area (Å²) in [5.74, 6) is 1.42. The van der Waals surface area contributed by atoms with Crippen molar-refractivity contribution in [2.24, 2.45) is 0 Å². The summed E-state index contributed by atoms with van der Waals surface area (Å²) in [5.41, 5.74) is 3.42. The molecule has 0 saturated heterocycles. The highest BCUT2D eigenvalue weighted by atomic mass is 16.5. The van der Waals surface area contributed by atoms with E-state index in [9.17, 15) is 9.59 Å². The van der Waals surface area contributed by atoms with Gasteiger partial charge in [-0.3, -0.25) is 9.59 Å². The molecule has 3 aromatic rings. The number of amides is 2. The summed E-state index contributed by atoms with van der Waals surface area (Å²) in [6.07, 6.45) is 1.48. The number of nitrogens with one attached hydrogen (secondary N) is 2. The molecule has 0 saturated carbocycles. The number of methoxy groups -OCH3 is 2. The number of benzene rings is 3. The molecule has 2 N–H and O–H groups in total. The highest BCUT2D eigenvalue weighted by Gasteiger charge is 2.10. The first-order valence-corrected chi connectivity index (χ1v) is 11.1. The largest absolute Gasteiger partial charge is 0.493 e. The molecule has 7 nitrogen and oxygen atoms in total. The van der Waals surface area contributed by atoms with Crippen LogP contribution in [0.1, 0.15) is 28.4 Å². The summed E-state index contributed by atoms with van der Waals surface area (Å²) in [5, 5.41) is 5.77. The monoisotopic (exact) mass is 462 g/mol. The number of hydrogen-bond acceptors (Lipinski definition) is 5. The third-order valence-corrected chi connectivity index (χ3v) is 5.32. The fraction of sp³-hybridized carbons (Fsp3) is 0.259. The van der Waals surface area contributed by atoms with E-state index < -0.39 is 0 Å². The Morgan fingerprint density at radius 2 is 1.62 bits per heavy atom. The van der Waals surface area contributed by atoms with E-state index in [0.717, 1.165) is 23.2 Å². The van der Waals surface area contributed by atoms with Gasteiger partial charge in [0.15, 0.2) is 18.1 Å². The lowest BCUT2D eigenvalue weighted by Gasteiger charge is -2.11. The van der Waals surface area contributed by atoms with Crippen molar-refractivity contribution in [1.82, 2.24) is 5.32 Å². The molecule has 0 heterocycles. The summed E-state index contributed by atoms with van der Waals surface area (Å²) in [6.45, 7) is 2.40. The van der Waals surface area contributed by atoms with Crippen molar-refractivity contribution in [2.75, 3.05) is 32.7 Å². The van der Waals surface area contributed by atoms with Gasteiger partial charge in [-0.1, -0.05) is 31.2 Å². The number of ether oxygens (including phenoxy) is 3. The van der Waals surface area contributed by atoms with Crippen LogP contribution in [0.4, 0.5) is 5.69 Å². The molecule has 0 bridgehead atoms. The standard InChI is InChI=1S/C27H30N2O5/c1-4-20-7-5-6-8-23(20)29-27(31)21-10-12-22(13-11-21)34-18-26(30)28-16-15-19-9-14-24(32-2)25(17-19)33-3/h5-14,17H,4,15-16,18H2,1-3H3,(H,28,30)(H,29,31). The van der Waals surface area contributed by atoms with Crippen LogP contribution in [0.15, 0.2) is 66.7 Å². The Hall–Kier alpha value is -4.00. The van der Waals surface area contributed by atoms with Crippen molar-refractivity contribution >= 4 is 17.5 Å². The molecule has 3 aromatic carbocycles. The Balaban J connectivity index is 1.44. The first-order valence-electron chi connectivity index (χ1n) is 11.1. The maximum absolute atomic E-state index is 12.5. The Labute approximate surface area is 200 Å². The molecule has 34 heavy (non-hydrogen) atoms. The highest BCUT2D eigenvalue weighted by Crippen LogP contribution is 2.27. The lowest BCUT2D eigenvalue weighted by molar-refractivity contribution is -0.123. The third kappa shape index (κ3) is 6.75. The first kappa shape index (κ1) is 24.6.